The van der Waals surface area contributed by atoms with Crippen molar-refractivity contribution in [3.63, 3.8) is 0 Å². The fraction of sp³-hybridized carbons (Fsp3) is 0.500. The predicted octanol–water partition coefficient (Wildman–Crippen LogP) is 3.36. The predicted molar refractivity (Wildman–Crippen MR) is 65.5 cm³/mol. The second kappa shape index (κ2) is 4.99. The summed E-state index contributed by atoms with van der Waals surface area (Å²) in [5, 5.41) is 0. The van der Waals surface area contributed by atoms with E-state index in [2.05, 4.69) is 20.8 Å². The highest BCUT2D eigenvalue weighted by atomic mass is 32.2. The minimum atomic E-state index is -0.219. The van der Waals surface area contributed by atoms with Gasteiger partial charge < -0.3 is 5.73 Å². The van der Waals surface area contributed by atoms with Crippen molar-refractivity contribution in [1.29, 1.82) is 0 Å². The molecule has 0 bridgehead atoms. The Morgan fingerprint density at radius 1 is 1.40 bits per heavy atom. The number of rotatable bonds is 3. The van der Waals surface area contributed by atoms with Crippen LogP contribution in [0, 0.1) is 5.82 Å². The van der Waals surface area contributed by atoms with Gasteiger partial charge in [-0.3, -0.25) is 0 Å². The summed E-state index contributed by atoms with van der Waals surface area (Å²) < 4.78 is 13.1. The van der Waals surface area contributed by atoms with Gasteiger partial charge >= 0.3 is 0 Å². The van der Waals surface area contributed by atoms with E-state index in [1.807, 2.05) is 6.07 Å². The molecule has 1 aromatic rings. The van der Waals surface area contributed by atoms with E-state index in [9.17, 15) is 4.39 Å². The highest BCUT2D eigenvalue weighted by Gasteiger charge is 2.14. The summed E-state index contributed by atoms with van der Waals surface area (Å²) in [6, 6.07) is 6.43. The maximum absolute atomic E-state index is 12.9. The van der Waals surface area contributed by atoms with Crippen molar-refractivity contribution in [1.82, 2.24) is 0 Å². The molecule has 1 rings (SSSR count). The summed E-state index contributed by atoms with van der Waals surface area (Å²) in [4.78, 5) is 0. The molecule has 3 heteroatoms. The summed E-state index contributed by atoms with van der Waals surface area (Å²) >= 11 is 1.79. The van der Waals surface area contributed by atoms with Crippen molar-refractivity contribution in [2.75, 3.05) is 5.75 Å². The van der Waals surface area contributed by atoms with Crippen molar-refractivity contribution in [3.8, 4) is 0 Å². The van der Waals surface area contributed by atoms with Crippen molar-refractivity contribution >= 4 is 11.8 Å². The molecule has 0 aromatic heterocycles. The maximum Gasteiger partial charge on any atom is 0.123 e. The lowest BCUT2D eigenvalue weighted by atomic mass is 10.1. The number of thioether (sulfide) groups is 1. The Hall–Kier alpha value is -0.540. The molecule has 0 spiro atoms. The van der Waals surface area contributed by atoms with Gasteiger partial charge in [-0.15, -0.1) is 0 Å². The Morgan fingerprint density at radius 2 is 2.07 bits per heavy atom. The van der Waals surface area contributed by atoms with Gasteiger partial charge in [0.15, 0.2) is 0 Å². The molecule has 0 heterocycles. The van der Waals surface area contributed by atoms with Crippen molar-refractivity contribution < 1.29 is 4.39 Å². The Kier molecular flexibility index (Phi) is 4.17. The Balaban J connectivity index is 2.58. The van der Waals surface area contributed by atoms with E-state index < -0.39 is 0 Å². The van der Waals surface area contributed by atoms with E-state index in [4.69, 9.17) is 5.73 Å². The standard InChI is InChI=1S/C12H18FNS/c1-12(2,3)15-8-11(14)9-5-4-6-10(13)7-9/h4-7,11H,8,14H2,1-3H3. The van der Waals surface area contributed by atoms with Gasteiger partial charge in [0.25, 0.3) is 0 Å². The molecule has 1 unspecified atom stereocenters. The van der Waals surface area contributed by atoms with Crippen LogP contribution in [-0.2, 0) is 0 Å². The van der Waals surface area contributed by atoms with Crippen LogP contribution in [0.2, 0.25) is 0 Å². The molecule has 0 aliphatic rings. The first-order chi connectivity index (χ1) is 6.88. The van der Waals surface area contributed by atoms with Crippen LogP contribution in [0.4, 0.5) is 4.39 Å². The van der Waals surface area contributed by atoms with E-state index in [1.165, 1.54) is 12.1 Å². The first kappa shape index (κ1) is 12.5. The largest absolute Gasteiger partial charge is 0.323 e. The normalized spacial score (nSPS) is 13.9. The third kappa shape index (κ3) is 4.67. The van der Waals surface area contributed by atoms with Crippen molar-refractivity contribution in [2.24, 2.45) is 5.73 Å². The van der Waals surface area contributed by atoms with Crippen LogP contribution in [-0.4, -0.2) is 10.5 Å². The van der Waals surface area contributed by atoms with E-state index in [1.54, 1.807) is 17.8 Å². The summed E-state index contributed by atoms with van der Waals surface area (Å²) in [6.45, 7) is 6.45. The van der Waals surface area contributed by atoms with E-state index >= 15 is 0 Å². The first-order valence-corrected chi connectivity index (χ1v) is 6.02. The van der Waals surface area contributed by atoms with Gasteiger partial charge in [-0.2, -0.15) is 11.8 Å². The zero-order valence-corrected chi connectivity index (χ0v) is 10.3. The molecule has 1 nitrogen and oxygen atoms in total. The number of hydrogen-bond donors (Lipinski definition) is 1. The molecule has 0 aliphatic heterocycles. The summed E-state index contributed by atoms with van der Waals surface area (Å²) in [7, 11) is 0. The molecule has 0 saturated carbocycles. The zero-order chi connectivity index (χ0) is 11.5. The molecule has 15 heavy (non-hydrogen) atoms. The summed E-state index contributed by atoms with van der Waals surface area (Å²) in [6.07, 6.45) is 0. The molecule has 1 atom stereocenters. The lowest BCUT2D eigenvalue weighted by Gasteiger charge is -2.20. The molecule has 0 saturated heterocycles. The molecule has 0 radical (unpaired) electrons. The van der Waals surface area contributed by atoms with Crippen LogP contribution < -0.4 is 5.73 Å². The topological polar surface area (TPSA) is 26.0 Å². The minimum Gasteiger partial charge on any atom is -0.323 e. The number of hydrogen-bond acceptors (Lipinski definition) is 2. The monoisotopic (exact) mass is 227 g/mol. The van der Waals surface area contributed by atoms with Crippen LogP contribution in [0.15, 0.2) is 24.3 Å². The van der Waals surface area contributed by atoms with E-state index in [0.29, 0.717) is 0 Å². The van der Waals surface area contributed by atoms with Crippen LogP contribution in [0.25, 0.3) is 0 Å². The van der Waals surface area contributed by atoms with E-state index in [0.717, 1.165) is 11.3 Å². The average molecular weight is 227 g/mol. The van der Waals surface area contributed by atoms with E-state index in [-0.39, 0.29) is 16.6 Å². The molecule has 2 N–H and O–H groups in total. The quantitative estimate of drug-likeness (QED) is 0.857. The Morgan fingerprint density at radius 3 is 2.60 bits per heavy atom. The third-order valence-corrected chi connectivity index (χ3v) is 3.36. The molecular weight excluding hydrogens is 209 g/mol. The Bertz CT molecular complexity index is 320. The fourth-order valence-electron chi connectivity index (χ4n) is 1.17. The van der Waals surface area contributed by atoms with Crippen LogP contribution >= 0.6 is 11.8 Å². The van der Waals surface area contributed by atoms with Crippen LogP contribution in [0.3, 0.4) is 0 Å². The number of benzene rings is 1. The zero-order valence-electron chi connectivity index (χ0n) is 9.46. The lowest BCUT2D eigenvalue weighted by Crippen LogP contribution is -2.18. The average Bonchev–Trinajstić information content (AvgIpc) is 2.13. The number of nitrogens with two attached hydrogens (primary N) is 1. The smallest absolute Gasteiger partial charge is 0.123 e. The highest BCUT2D eigenvalue weighted by Crippen LogP contribution is 2.27. The lowest BCUT2D eigenvalue weighted by molar-refractivity contribution is 0.622. The van der Waals surface area contributed by atoms with Gasteiger partial charge in [-0.05, 0) is 17.7 Å². The molecule has 84 valence electrons. The molecule has 1 aromatic carbocycles. The second-order valence-electron chi connectivity index (χ2n) is 4.58. The highest BCUT2D eigenvalue weighted by molar-refractivity contribution is 8.00. The molecule has 0 aliphatic carbocycles. The van der Waals surface area contributed by atoms with Crippen LogP contribution in [0.5, 0.6) is 0 Å². The molecule has 0 amide bonds. The second-order valence-corrected chi connectivity index (χ2v) is 6.43. The molecular formula is C12H18FNS. The van der Waals surface area contributed by atoms with Gasteiger partial charge in [-0.25, -0.2) is 4.39 Å². The third-order valence-electron chi connectivity index (χ3n) is 1.97. The van der Waals surface area contributed by atoms with Gasteiger partial charge in [0.1, 0.15) is 5.82 Å². The summed E-state index contributed by atoms with van der Waals surface area (Å²) in [5.41, 5.74) is 6.85. The van der Waals surface area contributed by atoms with Crippen LogP contribution in [0.1, 0.15) is 32.4 Å². The minimum absolute atomic E-state index is 0.0927. The Labute approximate surface area is 95.2 Å². The van der Waals surface area contributed by atoms with Gasteiger partial charge in [0.05, 0.1) is 0 Å². The summed E-state index contributed by atoms with van der Waals surface area (Å²) in [5.74, 6) is 0.594. The first-order valence-electron chi connectivity index (χ1n) is 5.03. The van der Waals surface area contributed by atoms with Crippen molar-refractivity contribution in [3.05, 3.63) is 35.6 Å². The van der Waals surface area contributed by atoms with Gasteiger partial charge in [0.2, 0.25) is 0 Å². The SMILES string of the molecule is CC(C)(C)SCC(N)c1cccc(F)c1. The fourth-order valence-corrected chi connectivity index (χ4v) is 2.05. The van der Waals surface area contributed by atoms with Gasteiger partial charge in [-0.1, -0.05) is 32.9 Å². The molecule has 0 fully saturated rings. The van der Waals surface area contributed by atoms with Crippen molar-refractivity contribution in [2.45, 2.75) is 31.6 Å². The number of halogens is 1. The van der Waals surface area contributed by atoms with Gasteiger partial charge in [0, 0.05) is 16.5 Å². The maximum atomic E-state index is 12.9.